The first kappa shape index (κ1) is 16.1. The summed E-state index contributed by atoms with van der Waals surface area (Å²) < 4.78 is 13.8. The zero-order chi connectivity index (χ0) is 18.0. The number of halogens is 1. The summed E-state index contributed by atoms with van der Waals surface area (Å²) >= 11 is 1.66. The average Bonchev–Trinajstić information content (AvgIpc) is 2.73. The van der Waals surface area contributed by atoms with E-state index in [0.29, 0.717) is 0 Å². The van der Waals surface area contributed by atoms with Crippen molar-refractivity contribution in [2.75, 3.05) is 11.9 Å². The highest BCUT2D eigenvalue weighted by Crippen LogP contribution is 2.60. The van der Waals surface area contributed by atoms with E-state index in [-0.39, 0.29) is 21.8 Å². The zero-order valence-electron chi connectivity index (χ0n) is 14.1. The molecule has 0 bridgehead atoms. The van der Waals surface area contributed by atoms with Gasteiger partial charge in [0.15, 0.2) is 0 Å². The lowest BCUT2D eigenvalue weighted by atomic mass is 9.79. The Morgan fingerprint density at radius 1 is 1.20 bits per heavy atom. The summed E-state index contributed by atoms with van der Waals surface area (Å²) in [5.74, 6) is -0.238. The lowest BCUT2D eigenvalue weighted by Gasteiger charge is -2.45. The molecule has 4 nitrogen and oxygen atoms in total. The number of nitro groups is 1. The van der Waals surface area contributed by atoms with Crippen LogP contribution in [-0.2, 0) is 5.41 Å². The van der Waals surface area contributed by atoms with Crippen molar-refractivity contribution in [3.8, 4) is 0 Å². The number of hydrogen-bond donors (Lipinski definition) is 0. The number of likely N-dealkylation sites (N-methyl/N-ethyl adjacent to an activating group) is 1. The molecule has 0 unspecified atom stereocenters. The van der Waals surface area contributed by atoms with E-state index in [0.717, 1.165) is 21.7 Å². The average molecular weight is 356 g/mol. The van der Waals surface area contributed by atoms with Crippen molar-refractivity contribution < 1.29 is 9.31 Å². The number of thioether (sulfide) groups is 1. The predicted molar refractivity (Wildman–Crippen MR) is 98.5 cm³/mol. The van der Waals surface area contributed by atoms with Crippen LogP contribution in [0.15, 0.2) is 47.4 Å². The summed E-state index contributed by atoms with van der Waals surface area (Å²) in [4.78, 5) is 13.4. The number of hydrogen-bond acceptors (Lipinski definition) is 4. The second kappa shape index (κ2) is 5.08. The van der Waals surface area contributed by atoms with Crippen molar-refractivity contribution in [1.82, 2.24) is 0 Å². The van der Waals surface area contributed by atoms with Crippen LogP contribution in [-0.4, -0.2) is 16.8 Å². The Kier molecular flexibility index (Phi) is 3.28. The Morgan fingerprint density at radius 2 is 1.96 bits per heavy atom. The van der Waals surface area contributed by atoms with Crippen molar-refractivity contribution in [3.63, 3.8) is 0 Å². The van der Waals surface area contributed by atoms with E-state index >= 15 is 0 Å². The van der Waals surface area contributed by atoms with Crippen LogP contribution in [0.5, 0.6) is 0 Å². The number of fused-ring (bicyclic) bond motifs is 2. The number of rotatable bonds is 1. The number of benzene rings is 2. The Bertz CT molecular complexity index is 941. The summed E-state index contributed by atoms with van der Waals surface area (Å²) in [5.41, 5.74) is 2.58. The second-order valence-corrected chi connectivity index (χ2v) is 8.22. The fourth-order valence-electron chi connectivity index (χ4n) is 3.89. The van der Waals surface area contributed by atoms with Crippen LogP contribution in [0, 0.1) is 15.9 Å². The Hall–Kier alpha value is -2.34. The fourth-order valence-corrected chi connectivity index (χ4v) is 5.34. The number of non-ortho nitro benzene ring substituents is 1. The Balaban J connectivity index is 1.85. The highest BCUT2D eigenvalue weighted by atomic mass is 32.2. The third-order valence-electron chi connectivity index (χ3n) is 5.35. The van der Waals surface area contributed by atoms with Crippen LogP contribution >= 0.6 is 11.8 Å². The third kappa shape index (κ3) is 2.07. The number of anilines is 1. The summed E-state index contributed by atoms with van der Waals surface area (Å²) in [7, 11) is 2.01. The van der Waals surface area contributed by atoms with Crippen LogP contribution in [0.4, 0.5) is 15.8 Å². The molecule has 2 aliphatic rings. The van der Waals surface area contributed by atoms with Gasteiger partial charge in [0.2, 0.25) is 0 Å². The van der Waals surface area contributed by atoms with E-state index < -0.39 is 4.87 Å². The summed E-state index contributed by atoms with van der Waals surface area (Å²) in [6, 6.07) is 9.85. The smallest absolute Gasteiger partial charge is 0.270 e. The van der Waals surface area contributed by atoms with Gasteiger partial charge in [-0.15, -0.1) is 0 Å². The van der Waals surface area contributed by atoms with Gasteiger partial charge in [-0.3, -0.25) is 10.1 Å². The summed E-state index contributed by atoms with van der Waals surface area (Å²) in [5, 5.41) is 11.0. The van der Waals surface area contributed by atoms with Gasteiger partial charge in [0.25, 0.3) is 5.69 Å². The van der Waals surface area contributed by atoms with Gasteiger partial charge in [-0.05, 0) is 41.5 Å². The molecule has 128 valence electrons. The lowest BCUT2D eigenvalue weighted by Crippen LogP contribution is -2.50. The van der Waals surface area contributed by atoms with Gasteiger partial charge in [-0.1, -0.05) is 31.7 Å². The van der Waals surface area contributed by atoms with Crippen molar-refractivity contribution in [2.45, 2.75) is 29.0 Å². The van der Waals surface area contributed by atoms with Gasteiger partial charge in [0.1, 0.15) is 10.7 Å². The minimum absolute atomic E-state index is 0.0874. The molecule has 4 rings (SSSR count). The van der Waals surface area contributed by atoms with Gasteiger partial charge in [-0.25, -0.2) is 4.39 Å². The predicted octanol–water partition coefficient (Wildman–Crippen LogP) is 4.98. The topological polar surface area (TPSA) is 46.4 Å². The quantitative estimate of drug-likeness (QED) is 0.534. The van der Waals surface area contributed by atoms with Crippen molar-refractivity contribution in [2.24, 2.45) is 0 Å². The van der Waals surface area contributed by atoms with Crippen LogP contribution in [0.1, 0.15) is 25.0 Å². The zero-order valence-corrected chi connectivity index (χ0v) is 14.9. The first-order valence-electron chi connectivity index (χ1n) is 7.97. The van der Waals surface area contributed by atoms with E-state index in [1.54, 1.807) is 30.0 Å². The molecule has 1 atom stereocenters. The maximum Gasteiger partial charge on any atom is 0.270 e. The van der Waals surface area contributed by atoms with Crippen molar-refractivity contribution >= 4 is 29.2 Å². The van der Waals surface area contributed by atoms with Crippen molar-refractivity contribution in [3.05, 3.63) is 69.5 Å². The number of nitro benzene ring substituents is 1. The largest absolute Gasteiger partial charge is 0.355 e. The van der Waals surface area contributed by atoms with E-state index in [1.165, 1.54) is 12.1 Å². The van der Waals surface area contributed by atoms with Crippen LogP contribution in [0.3, 0.4) is 0 Å². The van der Waals surface area contributed by atoms with Crippen molar-refractivity contribution in [1.29, 1.82) is 0 Å². The molecule has 1 spiro atoms. The fraction of sp³-hybridized carbons (Fsp3) is 0.263. The highest BCUT2D eigenvalue weighted by molar-refractivity contribution is 8.01. The van der Waals surface area contributed by atoms with Gasteiger partial charge < -0.3 is 4.90 Å². The molecular formula is C19H17FN2O2S. The van der Waals surface area contributed by atoms with Gasteiger partial charge >= 0.3 is 0 Å². The van der Waals surface area contributed by atoms with E-state index in [9.17, 15) is 14.5 Å². The Morgan fingerprint density at radius 3 is 2.68 bits per heavy atom. The molecule has 2 aliphatic heterocycles. The second-order valence-electron chi connectivity index (χ2n) is 6.96. The lowest BCUT2D eigenvalue weighted by molar-refractivity contribution is -0.384. The minimum Gasteiger partial charge on any atom is -0.355 e. The SMILES string of the molecule is CN1c2ccc(F)cc2C(C)(C)[C@@]12C=Cc1cc([N+](=O)[O-])ccc1S2. The Labute approximate surface area is 149 Å². The number of nitrogens with zero attached hydrogens (tertiary/aromatic N) is 2. The molecule has 2 heterocycles. The third-order valence-corrected chi connectivity index (χ3v) is 7.17. The van der Waals surface area contributed by atoms with Crippen LogP contribution in [0.2, 0.25) is 0 Å². The standard InChI is InChI=1S/C19H17FN2O2S/c1-18(2)15-11-13(20)4-6-16(15)21(3)19(18)9-8-12-10-14(22(23)24)5-7-17(12)25-19/h4-11H,1-3H3/t19-/m0/s1. The van der Waals surface area contributed by atoms with Gasteiger partial charge in [0, 0.05) is 35.2 Å². The monoisotopic (exact) mass is 356 g/mol. The molecule has 0 amide bonds. The van der Waals surface area contributed by atoms with Gasteiger partial charge in [-0.2, -0.15) is 0 Å². The summed E-state index contributed by atoms with van der Waals surface area (Å²) in [6.07, 6.45) is 4.03. The summed E-state index contributed by atoms with van der Waals surface area (Å²) in [6.45, 7) is 4.23. The molecule has 0 saturated carbocycles. The van der Waals surface area contributed by atoms with Crippen LogP contribution in [0.25, 0.3) is 6.08 Å². The molecule has 25 heavy (non-hydrogen) atoms. The van der Waals surface area contributed by atoms with E-state index in [1.807, 2.05) is 19.2 Å². The first-order chi connectivity index (χ1) is 11.8. The van der Waals surface area contributed by atoms with Gasteiger partial charge in [0.05, 0.1) is 4.92 Å². The molecule has 0 aliphatic carbocycles. The molecule has 0 fully saturated rings. The molecule has 0 N–H and O–H groups in total. The van der Waals surface area contributed by atoms with E-state index in [4.69, 9.17) is 0 Å². The maximum absolute atomic E-state index is 13.8. The molecule has 0 radical (unpaired) electrons. The highest BCUT2D eigenvalue weighted by Gasteiger charge is 2.56. The minimum atomic E-state index is -0.410. The molecule has 2 aromatic rings. The van der Waals surface area contributed by atoms with Crippen LogP contribution < -0.4 is 4.90 Å². The molecular weight excluding hydrogens is 339 g/mol. The maximum atomic E-state index is 13.8. The molecule has 6 heteroatoms. The first-order valence-corrected chi connectivity index (χ1v) is 8.78. The normalized spacial score (nSPS) is 22.8. The van der Waals surface area contributed by atoms with E-state index in [2.05, 4.69) is 24.8 Å². The molecule has 2 aromatic carbocycles. The molecule has 0 aromatic heterocycles. The molecule has 0 saturated heterocycles.